The van der Waals surface area contributed by atoms with Crippen molar-refractivity contribution in [1.82, 2.24) is 9.88 Å². The van der Waals surface area contributed by atoms with Gasteiger partial charge in [-0.05, 0) is 29.8 Å². The molecular weight excluding hydrogens is 380 g/mol. The third-order valence-corrected chi connectivity index (χ3v) is 6.39. The number of para-hydroxylation sites is 1. The number of aromatic nitrogens is 1. The van der Waals surface area contributed by atoms with Crippen LogP contribution in [0.3, 0.4) is 0 Å². The summed E-state index contributed by atoms with van der Waals surface area (Å²) in [5, 5.41) is 1.06. The number of benzene rings is 2. The summed E-state index contributed by atoms with van der Waals surface area (Å²) in [6, 6.07) is 13.9. The van der Waals surface area contributed by atoms with Crippen LogP contribution in [0.5, 0.6) is 11.5 Å². The van der Waals surface area contributed by atoms with Gasteiger partial charge in [0.1, 0.15) is 18.2 Å². The van der Waals surface area contributed by atoms with Crippen LogP contribution in [0.4, 0.5) is 0 Å². The van der Waals surface area contributed by atoms with Crippen molar-refractivity contribution in [3.63, 3.8) is 0 Å². The first-order valence-electron chi connectivity index (χ1n) is 8.74. The number of hydrogen-bond donors (Lipinski definition) is 0. The molecule has 1 amide bonds. The zero-order valence-corrected chi connectivity index (χ0v) is 16.6. The highest BCUT2D eigenvalue weighted by molar-refractivity contribution is 7.99. The molecule has 0 saturated heterocycles. The molecule has 0 radical (unpaired) electrons. The number of carbonyl (C=O) groups is 1. The summed E-state index contributed by atoms with van der Waals surface area (Å²) in [6.07, 6.45) is 0. The second kappa shape index (κ2) is 8.19. The molecule has 1 aliphatic heterocycles. The molecule has 3 aromatic rings. The average molecular weight is 401 g/mol. The average Bonchev–Trinajstić information content (AvgIpc) is 3.10. The maximum atomic E-state index is 12.4. The number of rotatable bonds is 6. The van der Waals surface area contributed by atoms with Gasteiger partial charge in [-0.3, -0.25) is 4.79 Å². The van der Waals surface area contributed by atoms with Gasteiger partial charge in [0.05, 0.1) is 16.0 Å². The van der Waals surface area contributed by atoms with Crippen LogP contribution in [0, 0.1) is 0 Å². The monoisotopic (exact) mass is 400 g/mol. The molecule has 0 aliphatic carbocycles. The van der Waals surface area contributed by atoms with Crippen molar-refractivity contribution in [2.45, 2.75) is 12.3 Å². The summed E-state index contributed by atoms with van der Waals surface area (Å²) in [4.78, 5) is 18.8. The molecular formula is C20H20N2O3S2. The first-order valence-corrected chi connectivity index (χ1v) is 10.7. The van der Waals surface area contributed by atoms with Gasteiger partial charge < -0.3 is 14.4 Å². The minimum Gasteiger partial charge on any atom is -0.486 e. The predicted octanol–water partition coefficient (Wildman–Crippen LogP) is 3.96. The molecule has 0 bridgehead atoms. The molecule has 2 heterocycles. The van der Waals surface area contributed by atoms with Gasteiger partial charge in [-0.25, -0.2) is 4.98 Å². The Morgan fingerprint density at radius 1 is 1.19 bits per heavy atom. The molecule has 2 aromatic carbocycles. The van der Waals surface area contributed by atoms with E-state index < -0.39 is 0 Å². The van der Waals surface area contributed by atoms with E-state index in [0.717, 1.165) is 33.3 Å². The van der Waals surface area contributed by atoms with Gasteiger partial charge in [-0.15, -0.1) is 23.1 Å². The van der Waals surface area contributed by atoms with Crippen molar-refractivity contribution >= 4 is 39.2 Å². The van der Waals surface area contributed by atoms with E-state index >= 15 is 0 Å². The number of hydrogen-bond acceptors (Lipinski definition) is 6. The standard InChI is InChI=1S/C20H20N2O3S2/c1-22(11-14-6-7-16-17(10-14)25-9-8-24-16)20(23)13-26-12-19-21-15-4-2-3-5-18(15)27-19/h2-7,10H,8-9,11-13H2,1H3. The molecule has 1 aromatic heterocycles. The van der Waals surface area contributed by atoms with Gasteiger partial charge in [0.25, 0.3) is 0 Å². The normalized spacial score (nSPS) is 12.9. The maximum Gasteiger partial charge on any atom is 0.232 e. The van der Waals surface area contributed by atoms with Gasteiger partial charge in [-0.1, -0.05) is 18.2 Å². The summed E-state index contributed by atoms with van der Waals surface area (Å²) in [5.74, 6) is 2.83. The van der Waals surface area contributed by atoms with E-state index in [-0.39, 0.29) is 5.91 Å². The highest BCUT2D eigenvalue weighted by Crippen LogP contribution is 2.31. The molecule has 1 aliphatic rings. The smallest absolute Gasteiger partial charge is 0.232 e. The molecule has 140 valence electrons. The second-order valence-electron chi connectivity index (χ2n) is 6.30. The lowest BCUT2D eigenvalue weighted by Crippen LogP contribution is -2.28. The summed E-state index contributed by atoms with van der Waals surface area (Å²) >= 11 is 3.29. The fourth-order valence-electron chi connectivity index (χ4n) is 2.87. The number of nitrogens with zero attached hydrogens (tertiary/aromatic N) is 2. The van der Waals surface area contributed by atoms with Crippen LogP contribution in [-0.2, 0) is 17.1 Å². The van der Waals surface area contributed by atoms with E-state index in [4.69, 9.17) is 9.47 Å². The Morgan fingerprint density at radius 3 is 2.85 bits per heavy atom. The van der Waals surface area contributed by atoms with Crippen LogP contribution < -0.4 is 9.47 Å². The van der Waals surface area contributed by atoms with Gasteiger partial charge in [0.2, 0.25) is 5.91 Å². The number of ether oxygens (including phenoxy) is 2. The van der Waals surface area contributed by atoms with E-state index in [0.29, 0.717) is 25.5 Å². The first-order chi connectivity index (χ1) is 13.2. The minimum absolute atomic E-state index is 0.107. The van der Waals surface area contributed by atoms with Crippen molar-refractivity contribution < 1.29 is 14.3 Å². The molecule has 7 heteroatoms. The third kappa shape index (κ3) is 4.36. The van der Waals surface area contributed by atoms with Crippen LogP contribution in [0.1, 0.15) is 10.6 Å². The Labute approximate surface area is 166 Å². The topological polar surface area (TPSA) is 51.7 Å². The Morgan fingerprint density at radius 2 is 2.00 bits per heavy atom. The molecule has 27 heavy (non-hydrogen) atoms. The second-order valence-corrected chi connectivity index (χ2v) is 8.40. The molecule has 0 spiro atoms. The summed E-state index contributed by atoms with van der Waals surface area (Å²) < 4.78 is 12.3. The SMILES string of the molecule is CN(Cc1ccc2c(c1)OCCO2)C(=O)CSCc1nc2ccccc2s1. The van der Waals surface area contributed by atoms with Crippen LogP contribution in [0.2, 0.25) is 0 Å². The molecule has 0 atom stereocenters. The molecule has 0 saturated carbocycles. The Bertz CT molecular complexity index is 924. The van der Waals surface area contributed by atoms with Crippen LogP contribution >= 0.6 is 23.1 Å². The van der Waals surface area contributed by atoms with E-state index in [1.165, 1.54) is 4.70 Å². The number of thioether (sulfide) groups is 1. The lowest BCUT2D eigenvalue weighted by molar-refractivity contribution is -0.127. The van der Waals surface area contributed by atoms with Gasteiger partial charge in [0, 0.05) is 19.3 Å². The van der Waals surface area contributed by atoms with E-state index in [9.17, 15) is 4.79 Å². The number of thiazole rings is 1. The summed E-state index contributed by atoms with van der Waals surface area (Å²) in [6.45, 7) is 1.70. The first kappa shape index (κ1) is 18.1. The van der Waals surface area contributed by atoms with Crippen LogP contribution in [0.25, 0.3) is 10.2 Å². The zero-order valence-electron chi connectivity index (χ0n) is 15.0. The molecule has 0 N–H and O–H groups in total. The molecule has 0 fully saturated rings. The highest BCUT2D eigenvalue weighted by atomic mass is 32.2. The minimum atomic E-state index is 0.107. The number of amides is 1. The van der Waals surface area contributed by atoms with E-state index in [1.807, 2.05) is 43.4 Å². The van der Waals surface area contributed by atoms with E-state index in [2.05, 4.69) is 11.1 Å². The Hall–Kier alpha value is -2.25. The van der Waals surface area contributed by atoms with Crippen LogP contribution in [0.15, 0.2) is 42.5 Å². The van der Waals surface area contributed by atoms with Crippen molar-refractivity contribution in [3.05, 3.63) is 53.0 Å². The van der Waals surface area contributed by atoms with Gasteiger partial charge in [-0.2, -0.15) is 0 Å². The Kier molecular flexibility index (Phi) is 5.50. The van der Waals surface area contributed by atoms with Crippen LogP contribution in [-0.4, -0.2) is 41.8 Å². The largest absolute Gasteiger partial charge is 0.486 e. The summed E-state index contributed by atoms with van der Waals surface area (Å²) in [7, 11) is 1.83. The van der Waals surface area contributed by atoms with Crippen molar-refractivity contribution in [1.29, 1.82) is 0 Å². The maximum absolute atomic E-state index is 12.4. The Balaban J connectivity index is 1.29. The van der Waals surface area contributed by atoms with Gasteiger partial charge in [0.15, 0.2) is 11.5 Å². The predicted molar refractivity (Wildman–Crippen MR) is 110 cm³/mol. The molecule has 5 nitrogen and oxygen atoms in total. The molecule has 4 rings (SSSR count). The highest BCUT2D eigenvalue weighted by Gasteiger charge is 2.15. The quantitative estimate of drug-likeness (QED) is 0.627. The van der Waals surface area contributed by atoms with Crippen molar-refractivity contribution in [2.24, 2.45) is 0 Å². The third-order valence-electron chi connectivity index (χ3n) is 4.24. The van der Waals surface area contributed by atoms with E-state index in [1.54, 1.807) is 28.0 Å². The van der Waals surface area contributed by atoms with Crippen molar-refractivity contribution in [3.8, 4) is 11.5 Å². The fraction of sp³-hybridized carbons (Fsp3) is 0.300. The summed E-state index contributed by atoms with van der Waals surface area (Å²) in [5.41, 5.74) is 2.06. The fourth-order valence-corrected chi connectivity index (χ4v) is 4.85. The van der Waals surface area contributed by atoms with Gasteiger partial charge >= 0.3 is 0 Å². The lowest BCUT2D eigenvalue weighted by atomic mass is 10.2. The number of fused-ring (bicyclic) bond motifs is 2. The number of carbonyl (C=O) groups excluding carboxylic acids is 1. The molecule has 0 unspecified atom stereocenters. The zero-order chi connectivity index (χ0) is 18.6. The van der Waals surface area contributed by atoms with Crippen molar-refractivity contribution in [2.75, 3.05) is 26.0 Å². The lowest BCUT2D eigenvalue weighted by Gasteiger charge is -2.21.